The molecule has 2 saturated heterocycles. The maximum atomic E-state index is 13.1. The number of sulfone groups is 1. The van der Waals surface area contributed by atoms with E-state index in [1.54, 1.807) is 41.3 Å². The average molecular weight is 442 g/mol. The zero-order valence-electron chi connectivity index (χ0n) is 17.2. The lowest BCUT2D eigenvalue weighted by atomic mass is 10.1. The van der Waals surface area contributed by atoms with Crippen LogP contribution in [0.2, 0.25) is 0 Å². The molecule has 2 aromatic carbocycles. The van der Waals surface area contributed by atoms with E-state index in [0.717, 1.165) is 18.4 Å². The second kappa shape index (κ2) is 8.14. The minimum atomic E-state index is -3.60. The third kappa shape index (κ3) is 4.05. The Hall–Kier alpha value is -3.20. The van der Waals surface area contributed by atoms with E-state index in [0.29, 0.717) is 38.0 Å². The summed E-state index contributed by atoms with van der Waals surface area (Å²) >= 11 is 0. The number of anilines is 1. The van der Waals surface area contributed by atoms with Gasteiger partial charge in [-0.3, -0.25) is 14.4 Å². The van der Waals surface area contributed by atoms with Crippen LogP contribution in [0.5, 0.6) is 0 Å². The van der Waals surface area contributed by atoms with Gasteiger partial charge in [0.05, 0.1) is 10.5 Å². The molecule has 0 atom stereocenters. The number of nitrogens with zero attached hydrogens (tertiary/aromatic N) is 3. The summed E-state index contributed by atoms with van der Waals surface area (Å²) in [5, 5.41) is 2.67. The smallest absolute Gasteiger partial charge is 0.273 e. The Morgan fingerprint density at radius 2 is 1.48 bits per heavy atom. The van der Waals surface area contributed by atoms with E-state index in [-0.39, 0.29) is 22.3 Å². The highest BCUT2D eigenvalue weighted by Gasteiger charge is 2.34. The molecule has 2 aromatic rings. The van der Waals surface area contributed by atoms with E-state index in [1.807, 2.05) is 0 Å². The van der Waals surface area contributed by atoms with Crippen molar-refractivity contribution < 1.29 is 22.8 Å². The van der Waals surface area contributed by atoms with Gasteiger partial charge in [-0.05, 0) is 49.2 Å². The normalized spacial score (nSPS) is 16.8. The molecule has 31 heavy (non-hydrogen) atoms. The molecule has 0 aliphatic carbocycles. The van der Waals surface area contributed by atoms with Crippen LogP contribution in [0, 0.1) is 0 Å². The van der Waals surface area contributed by atoms with Crippen LogP contribution in [0.15, 0.2) is 53.4 Å². The third-order valence-electron chi connectivity index (χ3n) is 5.52. The Morgan fingerprint density at radius 3 is 2.10 bits per heavy atom. The van der Waals surface area contributed by atoms with E-state index in [1.165, 1.54) is 22.2 Å². The van der Waals surface area contributed by atoms with Crippen molar-refractivity contribution in [2.45, 2.75) is 24.2 Å². The van der Waals surface area contributed by atoms with E-state index in [4.69, 9.17) is 0 Å². The summed E-state index contributed by atoms with van der Waals surface area (Å²) in [5.41, 5.74) is 1.19. The number of hydrogen-bond acceptors (Lipinski definition) is 5. The highest BCUT2D eigenvalue weighted by atomic mass is 32.2. The molecule has 8 nitrogen and oxygen atoms in total. The topological polar surface area (TPSA) is 95.1 Å². The summed E-state index contributed by atoms with van der Waals surface area (Å²) in [6, 6.07) is 12.8. The number of carbonyl (C=O) groups is 3. The third-order valence-corrected chi connectivity index (χ3v) is 6.67. The van der Waals surface area contributed by atoms with Crippen LogP contribution in [0.4, 0.5) is 5.69 Å². The summed E-state index contributed by atoms with van der Waals surface area (Å²) in [6.45, 7) is 1.35. The lowest BCUT2D eigenvalue weighted by Gasteiger charge is -2.28. The molecule has 2 heterocycles. The van der Waals surface area contributed by atoms with Gasteiger partial charge in [-0.15, -0.1) is 0 Å². The van der Waals surface area contributed by atoms with Crippen molar-refractivity contribution in [3.8, 4) is 0 Å². The van der Waals surface area contributed by atoms with Gasteiger partial charge in [0.25, 0.3) is 11.8 Å². The number of hydrogen-bond donors (Lipinski definition) is 0. The first-order chi connectivity index (χ1) is 14.8. The molecular formula is C22H23N3O5S. The van der Waals surface area contributed by atoms with E-state index in [9.17, 15) is 22.8 Å². The fourth-order valence-corrected chi connectivity index (χ4v) is 4.87. The second-order valence-electron chi connectivity index (χ2n) is 7.67. The maximum Gasteiger partial charge on any atom is 0.273 e. The van der Waals surface area contributed by atoms with Crippen molar-refractivity contribution in [3.63, 3.8) is 0 Å². The number of carbonyl (C=O) groups excluding carboxylic acids is 3. The first kappa shape index (κ1) is 21.0. The van der Waals surface area contributed by atoms with Gasteiger partial charge >= 0.3 is 0 Å². The summed E-state index contributed by atoms with van der Waals surface area (Å²) in [5.74, 6) is -0.798. The van der Waals surface area contributed by atoms with Crippen LogP contribution >= 0.6 is 0 Å². The quantitative estimate of drug-likeness (QED) is 0.724. The zero-order valence-corrected chi connectivity index (χ0v) is 18.0. The molecule has 9 heteroatoms. The number of hydrazine groups is 1. The van der Waals surface area contributed by atoms with Crippen molar-refractivity contribution in [2.75, 3.05) is 30.8 Å². The first-order valence-electron chi connectivity index (χ1n) is 10.1. The summed E-state index contributed by atoms with van der Waals surface area (Å²) in [7, 11) is -3.60. The predicted molar refractivity (Wildman–Crippen MR) is 114 cm³/mol. The first-order valence-corrected chi connectivity index (χ1v) is 12.0. The Morgan fingerprint density at radius 1 is 0.839 bits per heavy atom. The molecule has 2 aliphatic heterocycles. The van der Waals surface area contributed by atoms with Gasteiger partial charge in [0.1, 0.15) is 0 Å². The standard InChI is InChI=1S/C22H23N3O5S/c1-31(29,30)19-7-3-2-6-18(19)22(28)25-15-5-14-24(25)21(27)16-9-11-17(12-10-16)23-13-4-8-20(23)26/h2-3,6-7,9-12H,4-5,8,13-15H2,1H3. The van der Waals surface area contributed by atoms with Crippen LogP contribution in [-0.4, -0.2) is 62.0 Å². The Balaban J connectivity index is 1.57. The van der Waals surface area contributed by atoms with Gasteiger partial charge in [0.15, 0.2) is 9.84 Å². The highest BCUT2D eigenvalue weighted by Crippen LogP contribution is 2.25. The van der Waals surface area contributed by atoms with E-state index in [2.05, 4.69) is 0 Å². The van der Waals surface area contributed by atoms with Gasteiger partial charge in [-0.2, -0.15) is 0 Å². The zero-order chi connectivity index (χ0) is 22.2. The summed E-state index contributed by atoms with van der Waals surface area (Å²) in [4.78, 5) is 39.8. The van der Waals surface area contributed by atoms with Crippen molar-refractivity contribution in [1.29, 1.82) is 0 Å². The second-order valence-corrected chi connectivity index (χ2v) is 9.66. The maximum absolute atomic E-state index is 13.1. The number of benzene rings is 2. The van der Waals surface area contributed by atoms with E-state index < -0.39 is 15.7 Å². The molecule has 0 unspecified atom stereocenters. The highest BCUT2D eigenvalue weighted by molar-refractivity contribution is 7.90. The molecule has 0 radical (unpaired) electrons. The van der Waals surface area contributed by atoms with Gasteiger partial charge in [-0.25, -0.2) is 18.4 Å². The molecule has 0 spiro atoms. The van der Waals surface area contributed by atoms with Crippen LogP contribution in [-0.2, 0) is 14.6 Å². The van der Waals surface area contributed by atoms with E-state index >= 15 is 0 Å². The largest absolute Gasteiger partial charge is 0.312 e. The van der Waals surface area contributed by atoms with Crippen molar-refractivity contribution in [2.24, 2.45) is 0 Å². The molecule has 2 fully saturated rings. The van der Waals surface area contributed by atoms with Gasteiger partial charge in [0.2, 0.25) is 5.91 Å². The Bertz CT molecular complexity index is 1140. The lowest BCUT2D eigenvalue weighted by molar-refractivity contribution is -0.117. The fourth-order valence-electron chi connectivity index (χ4n) is 3.99. The average Bonchev–Trinajstić information content (AvgIpc) is 3.41. The molecule has 4 rings (SSSR count). The van der Waals surface area contributed by atoms with Crippen LogP contribution in [0.1, 0.15) is 40.0 Å². The minimum Gasteiger partial charge on any atom is -0.312 e. The molecule has 3 amide bonds. The SMILES string of the molecule is CS(=O)(=O)c1ccccc1C(=O)N1CCCN1C(=O)c1ccc(N2CCCC2=O)cc1. The predicted octanol–water partition coefficient (Wildman–Crippen LogP) is 2.12. The molecule has 162 valence electrons. The molecule has 0 bridgehead atoms. The summed E-state index contributed by atoms with van der Waals surface area (Å²) < 4.78 is 24.2. The molecule has 0 saturated carbocycles. The summed E-state index contributed by atoms with van der Waals surface area (Å²) in [6.07, 6.45) is 3.00. The monoisotopic (exact) mass is 441 g/mol. The Labute approximate surface area is 180 Å². The lowest BCUT2D eigenvalue weighted by Crippen LogP contribution is -2.45. The molecule has 2 aliphatic rings. The number of amides is 3. The fraction of sp³-hybridized carbons (Fsp3) is 0.318. The van der Waals surface area contributed by atoms with Gasteiger partial charge in [-0.1, -0.05) is 12.1 Å². The molecule has 0 N–H and O–H groups in total. The van der Waals surface area contributed by atoms with Crippen LogP contribution in [0.25, 0.3) is 0 Å². The Kier molecular flexibility index (Phi) is 5.53. The number of rotatable bonds is 4. The van der Waals surface area contributed by atoms with Crippen LogP contribution < -0.4 is 4.90 Å². The van der Waals surface area contributed by atoms with Crippen LogP contribution in [0.3, 0.4) is 0 Å². The van der Waals surface area contributed by atoms with Crippen molar-refractivity contribution in [3.05, 3.63) is 59.7 Å². The van der Waals surface area contributed by atoms with Crippen molar-refractivity contribution >= 4 is 33.2 Å². The van der Waals surface area contributed by atoms with Gasteiger partial charge < -0.3 is 4.90 Å². The van der Waals surface area contributed by atoms with Crippen molar-refractivity contribution in [1.82, 2.24) is 10.0 Å². The molecule has 0 aromatic heterocycles. The minimum absolute atomic E-state index is 0.0487. The molecular weight excluding hydrogens is 418 g/mol. The van der Waals surface area contributed by atoms with Gasteiger partial charge in [0, 0.05) is 43.6 Å².